The Morgan fingerprint density at radius 2 is 2.22 bits per heavy atom. The molecule has 1 fully saturated rings. The molecule has 0 bridgehead atoms. The van der Waals surface area contributed by atoms with Gasteiger partial charge >= 0.3 is 0 Å². The predicted octanol–water partition coefficient (Wildman–Crippen LogP) is 2.88. The van der Waals surface area contributed by atoms with Gasteiger partial charge in [-0.25, -0.2) is 0 Å². The van der Waals surface area contributed by atoms with Crippen LogP contribution < -0.4 is 5.32 Å². The zero-order chi connectivity index (χ0) is 13.3. The van der Waals surface area contributed by atoms with Gasteiger partial charge in [-0.1, -0.05) is 15.9 Å². The van der Waals surface area contributed by atoms with E-state index in [-0.39, 0.29) is 11.9 Å². The van der Waals surface area contributed by atoms with Gasteiger partial charge in [0.1, 0.15) is 0 Å². The molecule has 5 heteroatoms. The van der Waals surface area contributed by atoms with Crippen LogP contribution in [0.25, 0.3) is 0 Å². The Morgan fingerprint density at radius 1 is 1.50 bits per heavy atom. The Labute approximate surface area is 130 Å². The maximum absolute atomic E-state index is 12.6. The average Bonchev–Trinajstić information content (AvgIpc) is 2.34. The molecule has 1 aromatic carbocycles. The lowest BCUT2D eigenvalue weighted by Crippen LogP contribution is -2.56. The van der Waals surface area contributed by atoms with Gasteiger partial charge < -0.3 is 10.2 Å². The number of carbonyl (C=O) groups excluding carboxylic acids is 1. The number of benzene rings is 1. The first-order valence-corrected chi connectivity index (χ1v) is 7.85. The van der Waals surface area contributed by atoms with Crippen molar-refractivity contribution in [1.29, 1.82) is 0 Å². The maximum Gasteiger partial charge on any atom is 0.255 e. The van der Waals surface area contributed by atoms with Gasteiger partial charge in [0.15, 0.2) is 0 Å². The highest BCUT2D eigenvalue weighted by atomic mass is 127. The Kier molecular flexibility index (Phi) is 4.66. The molecule has 2 unspecified atom stereocenters. The van der Waals surface area contributed by atoms with Crippen LogP contribution in [0.3, 0.4) is 0 Å². The summed E-state index contributed by atoms with van der Waals surface area (Å²) in [6.45, 7) is 5.82. The summed E-state index contributed by atoms with van der Waals surface area (Å²) in [4.78, 5) is 14.6. The molecule has 0 radical (unpaired) electrons. The van der Waals surface area contributed by atoms with Gasteiger partial charge in [-0.15, -0.1) is 0 Å². The van der Waals surface area contributed by atoms with Gasteiger partial charge in [-0.2, -0.15) is 0 Å². The number of amides is 1. The topological polar surface area (TPSA) is 32.3 Å². The second-order valence-electron chi connectivity index (χ2n) is 4.74. The third-order valence-electron chi connectivity index (χ3n) is 3.18. The van der Waals surface area contributed by atoms with Crippen LogP contribution in [0.2, 0.25) is 0 Å². The quantitative estimate of drug-likeness (QED) is 0.706. The molecule has 18 heavy (non-hydrogen) atoms. The van der Waals surface area contributed by atoms with Crippen LogP contribution in [-0.4, -0.2) is 36.0 Å². The van der Waals surface area contributed by atoms with E-state index in [1.165, 1.54) is 0 Å². The molecule has 1 saturated heterocycles. The highest BCUT2D eigenvalue weighted by molar-refractivity contribution is 14.1. The summed E-state index contributed by atoms with van der Waals surface area (Å²) in [5.41, 5.74) is 0.783. The van der Waals surface area contributed by atoms with Crippen LogP contribution in [0.5, 0.6) is 0 Å². The van der Waals surface area contributed by atoms with Crippen LogP contribution in [0, 0.1) is 3.57 Å². The van der Waals surface area contributed by atoms with Crippen LogP contribution >= 0.6 is 38.5 Å². The summed E-state index contributed by atoms with van der Waals surface area (Å²) >= 11 is 5.65. The van der Waals surface area contributed by atoms with Crippen molar-refractivity contribution in [3.8, 4) is 0 Å². The minimum Gasteiger partial charge on any atom is -0.333 e. The van der Waals surface area contributed by atoms with E-state index in [2.05, 4.69) is 57.7 Å². The van der Waals surface area contributed by atoms with Crippen molar-refractivity contribution in [3.63, 3.8) is 0 Å². The number of piperazine rings is 1. The number of halogens is 2. The molecule has 1 amide bonds. The fourth-order valence-electron chi connectivity index (χ4n) is 2.12. The van der Waals surface area contributed by atoms with Crippen molar-refractivity contribution in [2.45, 2.75) is 25.9 Å². The van der Waals surface area contributed by atoms with Gasteiger partial charge in [0.2, 0.25) is 0 Å². The maximum atomic E-state index is 12.6. The second kappa shape index (κ2) is 5.88. The largest absolute Gasteiger partial charge is 0.333 e. The molecule has 98 valence electrons. The molecular weight excluding hydrogens is 407 g/mol. The van der Waals surface area contributed by atoms with Crippen molar-refractivity contribution >= 4 is 44.4 Å². The molecule has 1 aliphatic rings. The predicted molar refractivity (Wildman–Crippen MR) is 84.8 cm³/mol. The zero-order valence-electron chi connectivity index (χ0n) is 10.4. The summed E-state index contributed by atoms with van der Waals surface area (Å²) in [6, 6.07) is 6.43. The number of hydrogen-bond acceptors (Lipinski definition) is 2. The first kappa shape index (κ1) is 14.3. The fourth-order valence-corrected chi connectivity index (χ4v) is 3.05. The standard InChI is InChI=1S/C13H16BrIN2O/c1-8-7-17(9(2)6-16-8)13(18)11-5-10(14)3-4-12(11)15/h3-5,8-9,16H,6-7H2,1-2H3. The lowest BCUT2D eigenvalue weighted by molar-refractivity contribution is 0.0615. The van der Waals surface area contributed by atoms with Crippen LogP contribution in [0.15, 0.2) is 22.7 Å². The fraction of sp³-hybridized carbons (Fsp3) is 0.462. The van der Waals surface area contributed by atoms with Crippen molar-refractivity contribution in [2.24, 2.45) is 0 Å². The molecule has 0 spiro atoms. The monoisotopic (exact) mass is 422 g/mol. The first-order valence-electron chi connectivity index (χ1n) is 5.98. The van der Waals surface area contributed by atoms with E-state index >= 15 is 0 Å². The van der Waals surface area contributed by atoms with Crippen LogP contribution in [-0.2, 0) is 0 Å². The number of nitrogens with one attached hydrogen (secondary N) is 1. The molecule has 1 N–H and O–H groups in total. The lowest BCUT2D eigenvalue weighted by Gasteiger charge is -2.37. The molecule has 1 aromatic rings. The lowest BCUT2D eigenvalue weighted by atomic mass is 10.1. The summed E-state index contributed by atoms with van der Waals surface area (Å²) in [7, 11) is 0. The molecule has 3 nitrogen and oxygen atoms in total. The third kappa shape index (κ3) is 3.05. The summed E-state index contributed by atoms with van der Waals surface area (Å²) in [5, 5.41) is 3.39. The molecule has 2 rings (SSSR count). The van der Waals surface area contributed by atoms with Crippen molar-refractivity contribution in [3.05, 3.63) is 31.8 Å². The van der Waals surface area contributed by atoms with Crippen LogP contribution in [0.1, 0.15) is 24.2 Å². The zero-order valence-corrected chi connectivity index (χ0v) is 14.2. The number of nitrogens with zero attached hydrogens (tertiary/aromatic N) is 1. The highest BCUT2D eigenvalue weighted by Crippen LogP contribution is 2.21. The first-order chi connectivity index (χ1) is 8.49. The minimum atomic E-state index is 0.126. The van der Waals surface area contributed by atoms with Gasteiger partial charge in [0.25, 0.3) is 5.91 Å². The van der Waals surface area contributed by atoms with E-state index in [4.69, 9.17) is 0 Å². The summed E-state index contributed by atoms with van der Waals surface area (Å²) in [6.07, 6.45) is 0. The number of hydrogen-bond donors (Lipinski definition) is 1. The van der Waals surface area contributed by atoms with E-state index in [1.807, 2.05) is 23.1 Å². The molecular formula is C13H16BrIN2O. The number of carbonyl (C=O) groups is 1. The molecule has 0 saturated carbocycles. The SMILES string of the molecule is CC1CN(C(=O)c2cc(Br)ccc2I)C(C)CN1. The van der Waals surface area contributed by atoms with E-state index in [9.17, 15) is 4.79 Å². The second-order valence-corrected chi connectivity index (χ2v) is 6.82. The Balaban J connectivity index is 2.27. The molecule has 1 heterocycles. The molecule has 1 aliphatic heterocycles. The summed E-state index contributed by atoms with van der Waals surface area (Å²) < 4.78 is 1.95. The Morgan fingerprint density at radius 3 is 2.94 bits per heavy atom. The molecule has 0 aliphatic carbocycles. The van der Waals surface area contributed by atoms with Gasteiger partial charge in [0.05, 0.1) is 5.56 Å². The Hall–Kier alpha value is -0.140. The molecule has 2 atom stereocenters. The highest BCUT2D eigenvalue weighted by Gasteiger charge is 2.28. The van der Waals surface area contributed by atoms with Crippen molar-refractivity contribution in [1.82, 2.24) is 10.2 Å². The minimum absolute atomic E-state index is 0.126. The van der Waals surface area contributed by atoms with E-state index in [1.54, 1.807) is 0 Å². The van der Waals surface area contributed by atoms with E-state index in [0.29, 0.717) is 6.04 Å². The number of rotatable bonds is 1. The van der Waals surface area contributed by atoms with Gasteiger partial charge in [-0.3, -0.25) is 4.79 Å². The van der Waals surface area contributed by atoms with E-state index < -0.39 is 0 Å². The summed E-state index contributed by atoms with van der Waals surface area (Å²) in [5.74, 6) is 0.126. The van der Waals surface area contributed by atoms with Gasteiger partial charge in [-0.05, 0) is 54.6 Å². The van der Waals surface area contributed by atoms with E-state index in [0.717, 1.165) is 26.7 Å². The Bertz CT molecular complexity index is 466. The molecule has 0 aromatic heterocycles. The average molecular weight is 423 g/mol. The smallest absolute Gasteiger partial charge is 0.255 e. The van der Waals surface area contributed by atoms with Crippen LogP contribution in [0.4, 0.5) is 0 Å². The van der Waals surface area contributed by atoms with Crippen molar-refractivity contribution in [2.75, 3.05) is 13.1 Å². The van der Waals surface area contributed by atoms with Gasteiger partial charge in [0, 0.05) is 33.2 Å². The normalized spacial score (nSPS) is 24.1. The third-order valence-corrected chi connectivity index (χ3v) is 4.62. The van der Waals surface area contributed by atoms with Crippen molar-refractivity contribution < 1.29 is 4.79 Å².